The summed E-state index contributed by atoms with van der Waals surface area (Å²) in [6, 6.07) is 0. The van der Waals surface area contributed by atoms with Gasteiger partial charge in [-0.05, 0) is 19.3 Å². The van der Waals surface area contributed by atoms with E-state index in [0.717, 1.165) is 12.8 Å². The Kier molecular flexibility index (Phi) is 18.4. The summed E-state index contributed by atoms with van der Waals surface area (Å²) in [5, 5.41) is 10.1. The lowest BCUT2D eigenvalue weighted by Gasteiger charge is -2.24. The molecule has 0 aromatic carbocycles. The normalized spacial score (nSPS) is 11.7. The highest BCUT2D eigenvalue weighted by molar-refractivity contribution is 5.69. The molecule has 0 bridgehead atoms. The van der Waals surface area contributed by atoms with Crippen LogP contribution in [0.25, 0.3) is 0 Å². The van der Waals surface area contributed by atoms with Gasteiger partial charge in [0.1, 0.15) is 6.61 Å². The fourth-order valence-corrected chi connectivity index (χ4v) is 3.38. The summed E-state index contributed by atoms with van der Waals surface area (Å²) in [7, 11) is 0. The summed E-state index contributed by atoms with van der Waals surface area (Å²) in [5.41, 5.74) is -0.843. The molecule has 1 N–H and O–H groups in total. The average Bonchev–Trinajstić information content (AvgIpc) is 2.69. The van der Waals surface area contributed by atoms with Crippen molar-refractivity contribution in [3.8, 4) is 0 Å². The largest absolute Gasteiger partial charge is 0.463 e. The Morgan fingerprint density at radius 1 is 0.667 bits per heavy atom. The van der Waals surface area contributed by atoms with Crippen molar-refractivity contribution in [1.82, 2.24) is 0 Å². The highest BCUT2D eigenvalue weighted by Crippen LogP contribution is 2.16. The maximum Gasteiger partial charge on any atom is 0.305 e. The summed E-state index contributed by atoms with van der Waals surface area (Å²) < 4.78 is 5.22. The van der Waals surface area contributed by atoms with Crippen molar-refractivity contribution in [2.24, 2.45) is 0 Å². The van der Waals surface area contributed by atoms with Crippen molar-refractivity contribution >= 4 is 5.97 Å². The minimum Gasteiger partial charge on any atom is -0.463 e. The summed E-state index contributed by atoms with van der Waals surface area (Å²) in [5.74, 6) is -0.162. The molecule has 0 radical (unpaired) electrons. The van der Waals surface area contributed by atoms with E-state index < -0.39 is 5.60 Å². The Balaban J connectivity index is 3.28. The standard InChI is InChI=1S/C24H48O3/c1-4-7-8-9-10-11-12-13-14-15-16-17-18-19-20-21-23(25)27-22-24(26,5-2)6-3/h26H,4-22H2,1-3H3. The van der Waals surface area contributed by atoms with Crippen LogP contribution in [0.5, 0.6) is 0 Å². The quantitative estimate of drug-likeness (QED) is 0.176. The van der Waals surface area contributed by atoms with Crippen LogP contribution in [-0.4, -0.2) is 23.3 Å². The zero-order valence-corrected chi connectivity index (χ0v) is 18.7. The van der Waals surface area contributed by atoms with E-state index in [0.29, 0.717) is 19.3 Å². The van der Waals surface area contributed by atoms with E-state index in [1.165, 1.54) is 83.5 Å². The molecule has 3 heteroatoms. The topological polar surface area (TPSA) is 46.5 Å². The smallest absolute Gasteiger partial charge is 0.305 e. The van der Waals surface area contributed by atoms with E-state index in [4.69, 9.17) is 4.74 Å². The SMILES string of the molecule is CCCCCCCCCCCCCCCCCC(=O)OCC(O)(CC)CC. The molecule has 0 spiro atoms. The highest BCUT2D eigenvalue weighted by atomic mass is 16.5. The number of hydrogen-bond acceptors (Lipinski definition) is 3. The van der Waals surface area contributed by atoms with Gasteiger partial charge in [0, 0.05) is 6.42 Å². The van der Waals surface area contributed by atoms with E-state index in [-0.39, 0.29) is 12.6 Å². The van der Waals surface area contributed by atoms with Crippen molar-refractivity contribution in [3.63, 3.8) is 0 Å². The molecule has 162 valence electrons. The molecular weight excluding hydrogens is 336 g/mol. The van der Waals surface area contributed by atoms with Gasteiger partial charge < -0.3 is 9.84 Å². The third-order valence-electron chi connectivity index (χ3n) is 5.80. The van der Waals surface area contributed by atoms with E-state index in [1.807, 2.05) is 13.8 Å². The molecule has 0 saturated heterocycles. The van der Waals surface area contributed by atoms with Crippen LogP contribution in [0.1, 0.15) is 136 Å². The number of esters is 1. The second kappa shape index (κ2) is 18.8. The average molecular weight is 385 g/mol. The lowest BCUT2D eigenvalue weighted by molar-refractivity contribution is -0.152. The third kappa shape index (κ3) is 17.3. The first-order valence-corrected chi connectivity index (χ1v) is 12.0. The van der Waals surface area contributed by atoms with Gasteiger partial charge in [-0.1, -0.05) is 111 Å². The van der Waals surface area contributed by atoms with Gasteiger partial charge in [0.15, 0.2) is 0 Å². The van der Waals surface area contributed by atoms with Gasteiger partial charge in [-0.2, -0.15) is 0 Å². The number of aliphatic hydroxyl groups is 1. The van der Waals surface area contributed by atoms with Crippen LogP contribution in [0.15, 0.2) is 0 Å². The molecule has 0 fully saturated rings. The number of carbonyl (C=O) groups is 1. The van der Waals surface area contributed by atoms with Crippen LogP contribution in [0.2, 0.25) is 0 Å². The summed E-state index contributed by atoms with van der Waals surface area (Å²) in [6.45, 7) is 6.26. The molecule has 0 aliphatic heterocycles. The van der Waals surface area contributed by atoms with E-state index in [2.05, 4.69) is 6.92 Å². The van der Waals surface area contributed by atoms with Crippen LogP contribution >= 0.6 is 0 Å². The molecule has 0 unspecified atom stereocenters. The van der Waals surface area contributed by atoms with Crippen LogP contribution in [0.3, 0.4) is 0 Å². The number of rotatable bonds is 20. The van der Waals surface area contributed by atoms with Gasteiger partial charge in [0.25, 0.3) is 0 Å². The van der Waals surface area contributed by atoms with E-state index >= 15 is 0 Å². The number of hydrogen-bond donors (Lipinski definition) is 1. The molecule has 0 atom stereocenters. The van der Waals surface area contributed by atoms with Crippen LogP contribution in [0.4, 0.5) is 0 Å². The predicted molar refractivity (Wildman–Crippen MR) is 116 cm³/mol. The summed E-state index contributed by atoms with van der Waals surface area (Å²) in [6.07, 6.45) is 21.6. The molecule has 3 nitrogen and oxygen atoms in total. The van der Waals surface area contributed by atoms with Gasteiger partial charge >= 0.3 is 5.97 Å². The predicted octanol–water partition coefficient (Wildman–Crippen LogP) is 7.34. The minimum absolute atomic E-state index is 0.136. The first kappa shape index (κ1) is 26.4. The Hall–Kier alpha value is -0.570. The zero-order valence-electron chi connectivity index (χ0n) is 18.7. The van der Waals surface area contributed by atoms with Gasteiger partial charge in [-0.25, -0.2) is 0 Å². The van der Waals surface area contributed by atoms with Crippen molar-refractivity contribution in [2.75, 3.05) is 6.61 Å². The lowest BCUT2D eigenvalue weighted by atomic mass is 9.99. The molecule has 0 aromatic heterocycles. The van der Waals surface area contributed by atoms with Gasteiger partial charge in [-0.15, -0.1) is 0 Å². The maximum absolute atomic E-state index is 11.7. The Labute approximate surface area is 169 Å². The Morgan fingerprint density at radius 2 is 1.04 bits per heavy atom. The van der Waals surface area contributed by atoms with Crippen molar-refractivity contribution in [2.45, 2.75) is 142 Å². The van der Waals surface area contributed by atoms with Gasteiger partial charge in [0.05, 0.1) is 5.60 Å². The zero-order chi connectivity index (χ0) is 20.2. The molecule has 27 heavy (non-hydrogen) atoms. The van der Waals surface area contributed by atoms with Gasteiger partial charge in [0.2, 0.25) is 0 Å². The third-order valence-corrected chi connectivity index (χ3v) is 5.80. The van der Waals surface area contributed by atoms with Gasteiger partial charge in [-0.3, -0.25) is 4.79 Å². The maximum atomic E-state index is 11.7. The monoisotopic (exact) mass is 384 g/mol. The van der Waals surface area contributed by atoms with Crippen LogP contribution in [0, 0.1) is 0 Å². The molecule has 0 aliphatic carbocycles. The number of unbranched alkanes of at least 4 members (excludes halogenated alkanes) is 14. The molecule has 0 aromatic rings. The second-order valence-electron chi connectivity index (χ2n) is 8.29. The molecule has 0 aliphatic rings. The second-order valence-corrected chi connectivity index (χ2v) is 8.29. The Bertz CT molecular complexity index is 324. The van der Waals surface area contributed by atoms with Crippen LogP contribution < -0.4 is 0 Å². The van der Waals surface area contributed by atoms with Crippen molar-refractivity contribution < 1.29 is 14.6 Å². The Morgan fingerprint density at radius 3 is 1.41 bits per heavy atom. The fourth-order valence-electron chi connectivity index (χ4n) is 3.38. The van der Waals surface area contributed by atoms with E-state index in [1.54, 1.807) is 0 Å². The van der Waals surface area contributed by atoms with Crippen LogP contribution in [-0.2, 0) is 9.53 Å². The highest BCUT2D eigenvalue weighted by Gasteiger charge is 2.24. The fraction of sp³-hybridized carbons (Fsp3) is 0.958. The molecule has 0 heterocycles. The molecule has 0 saturated carbocycles. The van der Waals surface area contributed by atoms with Crippen molar-refractivity contribution in [1.29, 1.82) is 0 Å². The van der Waals surface area contributed by atoms with Crippen molar-refractivity contribution in [3.05, 3.63) is 0 Å². The minimum atomic E-state index is -0.843. The lowest BCUT2D eigenvalue weighted by Crippen LogP contribution is -2.33. The molecule has 0 amide bonds. The number of carbonyl (C=O) groups excluding carboxylic acids is 1. The molecular formula is C24H48O3. The molecule has 0 rings (SSSR count). The first-order chi connectivity index (χ1) is 13.1. The summed E-state index contributed by atoms with van der Waals surface area (Å²) in [4.78, 5) is 11.7. The summed E-state index contributed by atoms with van der Waals surface area (Å²) >= 11 is 0. The number of ether oxygens (including phenoxy) is 1. The first-order valence-electron chi connectivity index (χ1n) is 12.0. The van der Waals surface area contributed by atoms with E-state index in [9.17, 15) is 9.90 Å².